The summed E-state index contributed by atoms with van der Waals surface area (Å²) in [5.74, 6) is 0.614. The molecule has 1 unspecified atom stereocenters. The first-order valence-corrected chi connectivity index (χ1v) is 12.0. The molecule has 0 saturated carbocycles. The second kappa shape index (κ2) is 8.46. The van der Waals surface area contributed by atoms with Crippen molar-refractivity contribution in [2.75, 3.05) is 13.2 Å². The molecule has 5 aromatic rings. The summed E-state index contributed by atoms with van der Waals surface area (Å²) in [5.41, 5.74) is 7.17. The van der Waals surface area contributed by atoms with Crippen molar-refractivity contribution in [3.8, 4) is 11.3 Å². The Balaban J connectivity index is 1.66. The summed E-state index contributed by atoms with van der Waals surface area (Å²) in [4.78, 5) is 17.1. The predicted molar refractivity (Wildman–Crippen MR) is 132 cm³/mol. The molecule has 6 rings (SSSR count). The molecular formula is C27H27N5O3. The lowest BCUT2D eigenvalue weighted by Gasteiger charge is -2.32. The van der Waals surface area contributed by atoms with Gasteiger partial charge in [-0.3, -0.25) is 4.79 Å². The van der Waals surface area contributed by atoms with Crippen LogP contribution >= 0.6 is 0 Å². The van der Waals surface area contributed by atoms with Crippen molar-refractivity contribution in [3.05, 3.63) is 65.7 Å². The number of hydrogen-bond donors (Lipinski definition) is 0. The van der Waals surface area contributed by atoms with Crippen LogP contribution < -0.4 is 0 Å². The maximum atomic E-state index is 12.2. The number of carbonyl (C=O) groups excluding carboxylic acids is 1. The Kier molecular flexibility index (Phi) is 5.25. The fraction of sp³-hybridized carbons (Fsp3) is 0.333. The number of hydrogen-bond acceptors (Lipinski definition) is 6. The highest BCUT2D eigenvalue weighted by Gasteiger charge is 2.32. The Hall–Kier alpha value is -3.78. The summed E-state index contributed by atoms with van der Waals surface area (Å²) >= 11 is 0. The third-order valence-electron chi connectivity index (χ3n) is 7.06. The van der Waals surface area contributed by atoms with Gasteiger partial charge in [0.1, 0.15) is 5.52 Å². The molecule has 35 heavy (non-hydrogen) atoms. The minimum absolute atomic E-state index is 0.0420. The number of aryl methyl sites for hydroxylation is 2. The maximum Gasteiger partial charge on any atom is 0.195 e. The zero-order chi connectivity index (χ0) is 24.1. The van der Waals surface area contributed by atoms with E-state index in [1.807, 2.05) is 32.3 Å². The van der Waals surface area contributed by atoms with Gasteiger partial charge in [-0.25, -0.2) is 9.67 Å². The Bertz CT molecular complexity index is 1520. The van der Waals surface area contributed by atoms with Gasteiger partial charge in [0, 0.05) is 45.0 Å². The molecule has 0 bridgehead atoms. The molecule has 1 aromatic carbocycles. The van der Waals surface area contributed by atoms with E-state index in [2.05, 4.69) is 45.2 Å². The number of aromatic nitrogens is 5. The minimum atomic E-state index is -0.101. The second-order valence-corrected chi connectivity index (χ2v) is 9.30. The van der Waals surface area contributed by atoms with E-state index in [1.165, 1.54) is 12.5 Å². The van der Waals surface area contributed by atoms with Crippen LogP contribution in [0.25, 0.3) is 33.4 Å². The van der Waals surface area contributed by atoms with E-state index in [0.29, 0.717) is 17.3 Å². The van der Waals surface area contributed by atoms with E-state index in [9.17, 15) is 4.79 Å². The molecule has 0 aliphatic carbocycles. The third kappa shape index (κ3) is 3.56. The first kappa shape index (κ1) is 21.7. The second-order valence-electron chi connectivity index (χ2n) is 9.30. The smallest absolute Gasteiger partial charge is 0.195 e. The van der Waals surface area contributed by atoms with Gasteiger partial charge in [-0.05, 0) is 37.3 Å². The summed E-state index contributed by atoms with van der Waals surface area (Å²) in [6.07, 6.45) is 3.74. The first-order valence-electron chi connectivity index (χ1n) is 12.0. The number of fused-ring (bicyclic) bond motifs is 3. The van der Waals surface area contributed by atoms with Gasteiger partial charge in [0.2, 0.25) is 0 Å². The van der Waals surface area contributed by atoms with Crippen LogP contribution in [0.5, 0.6) is 0 Å². The van der Waals surface area contributed by atoms with Crippen molar-refractivity contribution in [2.24, 2.45) is 13.0 Å². The van der Waals surface area contributed by atoms with Crippen molar-refractivity contribution >= 4 is 27.9 Å². The van der Waals surface area contributed by atoms with Crippen LogP contribution in [0, 0.1) is 12.8 Å². The third-order valence-corrected chi connectivity index (χ3v) is 7.06. The van der Waals surface area contributed by atoms with Crippen molar-refractivity contribution in [1.29, 1.82) is 0 Å². The summed E-state index contributed by atoms with van der Waals surface area (Å²) in [5, 5.41) is 8.40. The molecule has 1 saturated heterocycles. The summed E-state index contributed by atoms with van der Waals surface area (Å²) in [7, 11) is 1.89. The van der Waals surface area contributed by atoms with Gasteiger partial charge >= 0.3 is 0 Å². The average Bonchev–Trinajstić information content (AvgIpc) is 3.53. The number of nitrogens with zero attached hydrogens (tertiary/aromatic N) is 5. The van der Waals surface area contributed by atoms with Crippen LogP contribution in [-0.4, -0.2) is 43.5 Å². The number of benzene rings is 1. The van der Waals surface area contributed by atoms with Gasteiger partial charge in [0.25, 0.3) is 0 Å². The average molecular weight is 470 g/mol. The number of carbonyl (C=O) groups is 1. The molecule has 0 spiro atoms. The summed E-state index contributed by atoms with van der Waals surface area (Å²) in [6.45, 7) is 4.96. The van der Waals surface area contributed by atoms with Crippen LogP contribution in [0.3, 0.4) is 0 Å². The highest BCUT2D eigenvalue weighted by molar-refractivity contribution is 6.06. The van der Waals surface area contributed by atoms with Crippen LogP contribution in [0.15, 0.2) is 53.1 Å². The lowest BCUT2D eigenvalue weighted by Crippen LogP contribution is -2.26. The van der Waals surface area contributed by atoms with Crippen LogP contribution in [0.2, 0.25) is 0 Å². The van der Waals surface area contributed by atoms with Crippen molar-refractivity contribution in [3.63, 3.8) is 0 Å². The van der Waals surface area contributed by atoms with Gasteiger partial charge in [0.05, 0.1) is 28.5 Å². The van der Waals surface area contributed by atoms with E-state index >= 15 is 0 Å². The lowest BCUT2D eigenvalue weighted by atomic mass is 9.86. The highest BCUT2D eigenvalue weighted by Crippen LogP contribution is 2.42. The van der Waals surface area contributed by atoms with Gasteiger partial charge in [-0.15, -0.1) is 5.10 Å². The lowest BCUT2D eigenvalue weighted by molar-refractivity contribution is 0.0553. The number of rotatable bonds is 5. The van der Waals surface area contributed by atoms with Crippen molar-refractivity contribution in [2.45, 2.75) is 32.7 Å². The SMILES string of the molecule is CC(=O)c1cc2c(o1)c1ncc(-c3c(C)nnn3C)cc1n2C(c1ccccc1)C1CCOCC1. The summed E-state index contributed by atoms with van der Waals surface area (Å²) in [6, 6.07) is 14.6. The minimum Gasteiger partial charge on any atom is -0.449 e. The number of ether oxygens (including phenoxy) is 1. The van der Waals surface area contributed by atoms with Gasteiger partial charge in [-0.2, -0.15) is 0 Å². The van der Waals surface area contributed by atoms with Crippen LogP contribution in [-0.2, 0) is 11.8 Å². The molecule has 4 aromatic heterocycles. The van der Waals surface area contributed by atoms with Crippen molar-refractivity contribution < 1.29 is 13.9 Å². The molecule has 5 heterocycles. The van der Waals surface area contributed by atoms with Gasteiger partial charge in [0.15, 0.2) is 17.1 Å². The molecule has 178 valence electrons. The quantitative estimate of drug-likeness (QED) is 0.333. The topological polar surface area (TPSA) is 88.0 Å². The van der Waals surface area contributed by atoms with E-state index in [4.69, 9.17) is 14.1 Å². The Morgan fingerprint density at radius 3 is 2.57 bits per heavy atom. The van der Waals surface area contributed by atoms with Crippen LogP contribution in [0.4, 0.5) is 0 Å². The molecule has 1 fully saturated rings. The normalized spacial score (nSPS) is 15.7. The van der Waals surface area contributed by atoms with E-state index < -0.39 is 0 Å². The van der Waals surface area contributed by atoms with Gasteiger partial charge < -0.3 is 13.7 Å². The van der Waals surface area contributed by atoms with Gasteiger partial charge in [-0.1, -0.05) is 35.5 Å². The maximum absolute atomic E-state index is 12.2. The fourth-order valence-electron chi connectivity index (χ4n) is 5.44. The number of ketones is 1. The zero-order valence-corrected chi connectivity index (χ0v) is 20.1. The number of pyridine rings is 1. The highest BCUT2D eigenvalue weighted by atomic mass is 16.5. The molecule has 0 amide bonds. The Morgan fingerprint density at radius 1 is 1.11 bits per heavy atom. The molecule has 1 aliphatic rings. The first-order chi connectivity index (χ1) is 17.0. The predicted octanol–water partition coefficient (Wildman–Crippen LogP) is 5.11. The number of furan rings is 1. The zero-order valence-electron chi connectivity index (χ0n) is 20.1. The molecule has 8 nitrogen and oxygen atoms in total. The molecular weight excluding hydrogens is 442 g/mol. The van der Waals surface area contributed by atoms with Crippen LogP contribution in [0.1, 0.15) is 47.6 Å². The van der Waals surface area contributed by atoms with Crippen molar-refractivity contribution in [1.82, 2.24) is 24.5 Å². The molecule has 1 atom stereocenters. The monoisotopic (exact) mass is 469 g/mol. The van der Waals surface area contributed by atoms with E-state index in [1.54, 1.807) is 4.68 Å². The fourth-order valence-corrected chi connectivity index (χ4v) is 5.44. The molecule has 0 radical (unpaired) electrons. The standard InChI is InChI=1S/C27H27N5O3/c1-16-25(31(3)30-29-16)20-13-21-24(28-15-20)27-22(14-23(35-27)17(2)33)32(21)26(18-7-5-4-6-8-18)19-9-11-34-12-10-19/h4-8,13-15,19,26H,9-12H2,1-3H3. The Labute approximate surface area is 202 Å². The molecule has 0 N–H and O–H groups in total. The summed E-state index contributed by atoms with van der Waals surface area (Å²) < 4.78 is 15.9. The Morgan fingerprint density at radius 2 is 1.89 bits per heavy atom. The molecule has 8 heteroatoms. The van der Waals surface area contributed by atoms with E-state index in [0.717, 1.165) is 59.6 Å². The number of Topliss-reactive ketones (excluding diaryl/α,β-unsaturated/α-hetero) is 1. The largest absolute Gasteiger partial charge is 0.449 e. The van der Waals surface area contributed by atoms with E-state index in [-0.39, 0.29) is 11.8 Å². The molecule has 1 aliphatic heterocycles.